The lowest BCUT2D eigenvalue weighted by Gasteiger charge is -2.38. The van der Waals surface area contributed by atoms with E-state index in [1.54, 1.807) is 12.1 Å². The summed E-state index contributed by atoms with van der Waals surface area (Å²) in [6, 6.07) is 3.37. The van der Waals surface area contributed by atoms with Gasteiger partial charge in [0, 0.05) is 6.54 Å². The van der Waals surface area contributed by atoms with Crippen molar-refractivity contribution < 1.29 is 8.42 Å². The van der Waals surface area contributed by atoms with Crippen LogP contribution in [0.1, 0.15) is 37.3 Å². The molecule has 106 valence electrons. The Morgan fingerprint density at radius 1 is 1.26 bits per heavy atom. The highest BCUT2D eigenvalue weighted by atomic mass is 32.2. The van der Waals surface area contributed by atoms with Crippen LogP contribution in [0.2, 0.25) is 0 Å². The van der Waals surface area contributed by atoms with Gasteiger partial charge >= 0.3 is 0 Å². The quantitative estimate of drug-likeness (QED) is 0.833. The van der Waals surface area contributed by atoms with Crippen LogP contribution in [0.15, 0.2) is 17.0 Å². The van der Waals surface area contributed by atoms with Crippen molar-refractivity contribution in [1.29, 1.82) is 0 Å². The molecule has 1 fully saturated rings. The standard InChI is InChI=1S/C14H22N2O2S/c1-10-7-12(15)13(8-11(10)2)19(17,18)16-9-14(3)5-4-6-14/h7-8,16H,4-6,9,15H2,1-3H3. The van der Waals surface area contributed by atoms with E-state index in [2.05, 4.69) is 11.6 Å². The summed E-state index contributed by atoms with van der Waals surface area (Å²) in [5, 5.41) is 0. The Labute approximate surface area is 115 Å². The summed E-state index contributed by atoms with van der Waals surface area (Å²) in [5.41, 5.74) is 8.21. The van der Waals surface area contributed by atoms with Crippen LogP contribution >= 0.6 is 0 Å². The Morgan fingerprint density at radius 3 is 2.37 bits per heavy atom. The Balaban J connectivity index is 2.22. The summed E-state index contributed by atoms with van der Waals surface area (Å²) in [6.07, 6.45) is 3.35. The molecule has 0 aromatic heterocycles. The zero-order valence-electron chi connectivity index (χ0n) is 11.8. The van der Waals surface area contributed by atoms with Gasteiger partial charge in [-0.2, -0.15) is 0 Å². The van der Waals surface area contributed by atoms with Crippen LogP contribution in [0, 0.1) is 19.3 Å². The summed E-state index contributed by atoms with van der Waals surface area (Å²) in [5.74, 6) is 0. The smallest absolute Gasteiger partial charge is 0.242 e. The van der Waals surface area contributed by atoms with E-state index < -0.39 is 10.0 Å². The highest BCUT2D eigenvalue weighted by Crippen LogP contribution is 2.39. The minimum atomic E-state index is -3.51. The van der Waals surface area contributed by atoms with Gasteiger partial charge in [-0.25, -0.2) is 13.1 Å². The third kappa shape index (κ3) is 2.92. The molecule has 1 aromatic carbocycles. The number of sulfonamides is 1. The molecule has 4 nitrogen and oxygen atoms in total. The van der Waals surface area contributed by atoms with Crippen LogP contribution in [0.3, 0.4) is 0 Å². The molecule has 1 aliphatic rings. The highest BCUT2D eigenvalue weighted by molar-refractivity contribution is 7.89. The van der Waals surface area contributed by atoms with Crippen molar-refractivity contribution in [1.82, 2.24) is 4.72 Å². The summed E-state index contributed by atoms with van der Waals surface area (Å²) in [7, 11) is -3.51. The monoisotopic (exact) mass is 282 g/mol. The number of nitrogens with one attached hydrogen (secondary N) is 1. The van der Waals surface area contributed by atoms with E-state index in [1.165, 1.54) is 6.42 Å². The van der Waals surface area contributed by atoms with Gasteiger partial charge in [0.25, 0.3) is 0 Å². The number of nitrogens with two attached hydrogens (primary N) is 1. The average Bonchev–Trinajstić information content (AvgIpc) is 2.28. The van der Waals surface area contributed by atoms with Gasteiger partial charge in [-0.15, -0.1) is 0 Å². The van der Waals surface area contributed by atoms with Crippen LogP contribution in [0.4, 0.5) is 5.69 Å². The molecule has 0 amide bonds. The molecule has 0 heterocycles. The second-order valence-electron chi connectivity index (χ2n) is 5.96. The summed E-state index contributed by atoms with van der Waals surface area (Å²) in [4.78, 5) is 0.193. The number of rotatable bonds is 4. The predicted molar refractivity (Wildman–Crippen MR) is 77.5 cm³/mol. The minimum Gasteiger partial charge on any atom is -0.398 e. The highest BCUT2D eigenvalue weighted by Gasteiger charge is 2.33. The fourth-order valence-corrected chi connectivity index (χ4v) is 3.74. The van der Waals surface area contributed by atoms with E-state index in [-0.39, 0.29) is 10.3 Å². The number of hydrogen-bond donors (Lipinski definition) is 2. The van der Waals surface area contributed by atoms with Crippen LogP contribution in [0.25, 0.3) is 0 Å². The van der Waals surface area contributed by atoms with Crippen molar-refractivity contribution in [3.8, 4) is 0 Å². The average molecular weight is 282 g/mol. The number of benzene rings is 1. The molecule has 0 atom stereocenters. The molecular weight excluding hydrogens is 260 g/mol. The maximum absolute atomic E-state index is 12.3. The first-order valence-electron chi connectivity index (χ1n) is 6.60. The van der Waals surface area contributed by atoms with Gasteiger partial charge in [0.05, 0.1) is 5.69 Å². The van der Waals surface area contributed by atoms with Gasteiger partial charge in [0.1, 0.15) is 4.90 Å². The Bertz CT molecular complexity index is 590. The zero-order valence-corrected chi connectivity index (χ0v) is 12.6. The van der Waals surface area contributed by atoms with Crippen LogP contribution in [-0.4, -0.2) is 15.0 Å². The SMILES string of the molecule is Cc1cc(N)c(S(=O)(=O)NCC2(C)CCC2)cc1C. The largest absolute Gasteiger partial charge is 0.398 e. The molecule has 0 spiro atoms. The Morgan fingerprint density at radius 2 is 1.84 bits per heavy atom. The van der Waals surface area contributed by atoms with Crippen LogP contribution < -0.4 is 10.5 Å². The first-order valence-corrected chi connectivity index (χ1v) is 8.08. The first kappa shape index (κ1) is 14.3. The summed E-state index contributed by atoms with van der Waals surface area (Å²) < 4.78 is 27.3. The third-order valence-electron chi connectivity index (χ3n) is 4.17. The van der Waals surface area contributed by atoms with E-state index >= 15 is 0 Å². The second-order valence-corrected chi connectivity index (χ2v) is 7.70. The lowest BCUT2D eigenvalue weighted by molar-refractivity contribution is 0.166. The van der Waals surface area contributed by atoms with Crippen molar-refractivity contribution in [2.45, 2.75) is 44.9 Å². The molecule has 1 saturated carbocycles. The fourth-order valence-electron chi connectivity index (χ4n) is 2.35. The fraction of sp³-hybridized carbons (Fsp3) is 0.571. The van der Waals surface area contributed by atoms with Crippen molar-refractivity contribution in [2.75, 3.05) is 12.3 Å². The molecule has 0 bridgehead atoms. The molecule has 19 heavy (non-hydrogen) atoms. The van der Waals surface area contributed by atoms with Crippen LogP contribution in [0.5, 0.6) is 0 Å². The van der Waals surface area contributed by atoms with Crippen molar-refractivity contribution in [3.63, 3.8) is 0 Å². The molecular formula is C14H22N2O2S. The van der Waals surface area contributed by atoms with E-state index in [9.17, 15) is 8.42 Å². The van der Waals surface area contributed by atoms with Gasteiger partial charge in [-0.3, -0.25) is 0 Å². The van der Waals surface area contributed by atoms with Crippen molar-refractivity contribution in [2.24, 2.45) is 5.41 Å². The molecule has 3 N–H and O–H groups in total. The van der Waals surface area contributed by atoms with Crippen LogP contribution in [-0.2, 0) is 10.0 Å². The number of nitrogen functional groups attached to an aromatic ring is 1. The van der Waals surface area contributed by atoms with Crippen molar-refractivity contribution >= 4 is 15.7 Å². The van der Waals surface area contributed by atoms with Gasteiger partial charge in [0.15, 0.2) is 0 Å². The molecule has 1 aliphatic carbocycles. The predicted octanol–water partition coefficient (Wildman–Crippen LogP) is 2.35. The first-order chi connectivity index (χ1) is 8.73. The molecule has 2 rings (SSSR count). The molecule has 0 aliphatic heterocycles. The molecule has 1 aromatic rings. The molecule has 5 heteroatoms. The maximum atomic E-state index is 12.3. The number of anilines is 1. The van der Waals surface area contributed by atoms with Gasteiger partial charge in [0.2, 0.25) is 10.0 Å². The third-order valence-corrected chi connectivity index (χ3v) is 5.62. The number of aryl methyl sites for hydroxylation is 2. The zero-order chi connectivity index (χ0) is 14.3. The van der Waals surface area contributed by atoms with E-state index in [1.807, 2.05) is 13.8 Å². The maximum Gasteiger partial charge on any atom is 0.242 e. The Kier molecular flexibility index (Phi) is 3.62. The Hall–Kier alpha value is -1.07. The van der Waals surface area contributed by atoms with E-state index in [0.29, 0.717) is 12.2 Å². The molecule has 0 saturated heterocycles. The summed E-state index contributed by atoms with van der Waals surface area (Å²) >= 11 is 0. The van der Waals surface area contributed by atoms with Crippen molar-refractivity contribution in [3.05, 3.63) is 23.3 Å². The normalized spacial score (nSPS) is 18.1. The molecule has 0 radical (unpaired) electrons. The topological polar surface area (TPSA) is 72.2 Å². The van der Waals surface area contributed by atoms with E-state index in [0.717, 1.165) is 24.0 Å². The van der Waals surface area contributed by atoms with E-state index in [4.69, 9.17) is 5.73 Å². The second kappa shape index (κ2) is 4.80. The lowest BCUT2D eigenvalue weighted by atomic mass is 9.71. The minimum absolute atomic E-state index is 0.113. The molecule has 0 unspecified atom stereocenters. The van der Waals surface area contributed by atoms with Gasteiger partial charge < -0.3 is 5.73 Å². The van der Waals surface area contributed by atoms with Gasteiger partial charge in [-0.05, 0) is 55.4 Å². The van der Waals surface area contributed by atoms with Gasteiger partial charge in [-0.1, -0.05) is 13.3 Å². The summed E-state index contributed by atoms with van der Waals surface area (Å²) in [6.45, 7) is 6.41. The number of hydrogen-bond acceptors (Lipinski definition) is 3. The lowest BCUT2D eigenvalue weighted by Crippen LogP contribution is -2.40.